The van der Waals surface area contributed by atoms with Crippen molar-refractivity contribution in [2.75, 3.05) is 26.2 Å². The summed E-state index contributed by atoms with van der Waals surface area (Å²) < 4.78 is 5.15. The van der Waals surface area contributed by atoms with Crippen molar-refractivity contribution in [2.45, 2.75) is 19.4 Å². The van der Waals surface area contributed by atoms with E-state index >= 15 is 0 Å². The molecule has 1 atom stereocenters. The lowest BCUT2D eigenvalue weighted by Gasteiger charge is -2.33. The summed E-state index contributed by atoms with van der Waals surface area (Å²) in [5.41, 5.74) is 1.31. The summed E-state index contributed by atoms with van der Waals surface area (Å²) in [4.78, 5) is 2.53. The lowest BCUT2D eigenvalue weighted by Crippen LogP contribution is -2.44. The predicted octanol–water partition coefficient (Wildman–Crippen LogP) is 1.64. The number of nitrogens with zero attached hydrogens (tertiary/aromatic N) is 1. The fourth-order valence-electron chi connectivity index (χ4n) is 2.16. The molecule has 14 heavy (non-hydrogen) atoms. The first-order valence-corrected chi connectivity index (χ1v) is 5.38. The SMILES string of the molecule is CC[C@@H](c1ccoc1)N1CCNCC1. The molecule has 0 spiro atoms. The number of piperazine rings is 1. The number of hydrogen-bond donors (Lipinski definition) is 1. The monoisotopic (exact) mass is 194 g/mol. The lowest BCUT2D eigenvalue weighted by atomic mass is 10.1. The Balaban J connectivity index is 2.04. The van der Waals surface area contributed by atoms with Gasteiger partial charge in [-0.3, -0.25) is 4.90 Å². The molecule has 1 aromatic rings. The van der Waals surface area contributed by atoms with Crippen molar-refractivity contribution in [1.82, 2.24) is 10.2 Å². The second-order valence-corrected chi connectivity index (χ2v) is 3.77. The van der Waals surface area contributed by atoms with E-state index in [2.05, 4.69) is 23.2 Å². The van der Waals surface area contributed by atoms with Crippen molar-refractivity contribution in [1.29, 1.82) is 0 Å². The zero-order chi connectivity index (χ0) is 9.80. The third-order valence-electron chi connectivity index (χ3n) is 2.91. The minimum atomic E-state index is 0.538. The van der Waals surface area contributed by atoms with E-state index in [1.807, 2.05) is 6.26 Å². The Bertz CT molecular complexity index is 252. The van der Waals surface area contributed by atoms with Crippen LogP contribution in [0.5, 0.6) is 0 Å². The summed E-state index contributed by atoms with van der Waals surface area (Å²) in [6, 6.07) is 2.62. The van der Waals surface area contributed by atoms with Crippen molar-refractivity contribution < 1.29 is 4.42 Å². The standard InChI is InChI=1S/C11H18N2O/c1-2-11(10-3-8-14-9-10)13-6-4-12-5-7-13/h3,8-9,11-12H,2,4-7H2,1H3/t11-/m0/s1. The van der Waals surface area contributed by atoms with Gasteiger partial charge in [0.1, 0.15) is 0 Å². The van der Waals surface area contributed by atoms with Gasteiger partial charge in [0.25, 0.3) is 0 Å². The molecule has 1 fully saturated rings. The van der Waals surface area contributed by atoms with Crippen LogP contribution in [-0.2, 0) is 0 Å². The highest BCUT2D eigenvalue weighted by Crippen LogP contribution is 2.24. The third kappa shape index (κ3) is 1.99. The number of furan rings is 1. The van der Waals surface area contributed by atoms with Gasteiger partial charge in [0.2, 0.25) is 0 Å². The Morgan fingerprint density at radius 3 is 2.86 bits per heavy atom. The Hall–Kier alpha value is -0.800. The van der Waals surface area contributed by atoms with E-state index in [4.69, 9.17) is 4.42 Å². The molecule has 1 N–H and O–H groups in total. The fraction of sp³-hybridized carbons (Fsp3) is 0.636. The van der Waals surface area contributed by atoms with Crippen LogP contribution in [0.4, 0.5) is 0 Å². The molecule has 2 rings (SSSR count). The molecule has 1 aliphatic rings. The molecule has 1 aliphatic heterocycles. The maximum atomic E-state index is 5.15. The summed E-state index contributed by atoms with van der Waals surface area (Å²) in [7, 11) is 0. The molecule has 2 heterocycles. The number of hydrogen-bond acceptors (Lipinski definition) is 3. The van der Waals surface area contributed by atoms with E-state index in [9.17, 15) is 0 Å². The van der Waals surface area contributed by atoms with E-state index in [1.54, 1.807) is 6.26 Å². The second-order valence-electron chi connectivity index (χ2n) is 3.77. The van der Waals surface area contributed by atoms with Gasteiger partial charge < -0.3 is 9.73 Å². The maximum Gasteiger partial charge on any atom is 0.0950 e. The molecule has 0 saturated carbocycles. The van der Waals surface area contributed by atoms with Crippen LogP contribution in [0.1, 0.15) is 24.9 Å². The zero-order valence-corrected chi connectivity index (χ0v) is 8.70. The number of rotatable bonds is 3. The highest BCUT2D eigenvalue weighted by Gasteiger charge is 2.20. The van der Waals surface area contributed by atoms with E-state index in [0.717, 1.165) is 32.6 Å². The summed E-state index contributed by atoms with van der Waals surface area (Å²) in [6.45, 7) is 6.73. The van der Waals surface area contributed by atoms with E-state index in [0.29, 0.717) is 6.04 Å². The zero-order valence-electron chi connectivity index (χ0n) is 8.70. The van der Waals surface area contributed by atoms with Crippen LogP contribution in [0.2, 0.25) is 0 Å². The topological polar surface area (TPSA) is 28.4 Å². The minimum Gasteiger partial charge on any atom is -0.472 e. The molecule has 0 aromatic carbocycles. The minimum absolute atomic E-state index is 0.538. The smallest absolute Gasteiger partial charge is 0.0950 e. The predicted molar refractivity (Wildman–Crippen MR) is 56.2 cm³/mol. The number of nitrogens with one attached hydrogen (secondary N) is 1. The summed E-state index contributed by atoms with van der Waals surface area (Å²) >= 11 is 0. The normalized spacial score (nSPS) is 20.9. The van der Waals surface area contributed by atoms with Crippen molar-refractivity contribution in [3.63, 3.8) is 0 Å². The molecule has 78 valence electrons. The highest BCUT2D eigenvalue weighted by atomic mass is 16.3. The van der Waals surface area contributed by atoms with Gasteiger partial charge in [-0.2, -0.15) is 0 Å². The molecule has 0 amide bonds. The Morgan fingerprint density at radius 2 is 2.29 bits per heavy atom. The Kier molecular flexibility index (Phi) is 3.22. The first kappa shape index (κ1) is 9.74. The lowest BCUT2D eigenvalue weighted by molar-refractivity contribution is 0.169. The van der Waals surface area contributed by atoms with Crippen LogP contribution in [0, 0.1) is 0 Å². The van der Waals surface area contributed by atoms with Gasteiger partial charge in [-0.25, -0.2) is 0 Å². The van der Waals surface area contributed by atoms with Crippen LogP contribution in [0.15, 0.2) is 23.0 Å². The van der Waals surface area contributed by atoms with Gasteiger partial charge in [-0.05, 0) is 12.5 Å². The molecule has 0 unspecified atom stereocenters. The highest BCUT2D eigenvalue weighted by molar-refractivity contribution is 5.11. The quantitative estimate of drug-likeness (QED) is 0.793. The van der Waals surface area contributed by atoms with Crippen LogP contribution >= 0.6 is 0 Å². The van der Waals surface area contributed by atoms with Crippen molar-refractivity contribution in [3.8, 4) is 0 Å². The first-order chi connectivity index (χ1) is 6.92. The van der Waals surface area contributed by atoms with E-state index < -0.39 is 0 Å². The molecule has 0 bridgehead atoms. The van der Waals surface area contributed by atoms with Gasteiger partial charge in [0.15, 0.2) is 0 Å². The molecular weight excluding hydrogens is 176 g/mol. The van der Waals surface area contributed by atoms with E-state index in [1.165, 1.54) is 5.56 Å². The molecule has 1 aromatic heterocycles. The van der Waals surface area contributed by atoms with Crippen LogP contribution in [0.25, 0.3) is 0 Å². The second kappa shape index (κ2) is 4.62. The Labute approximate surface area is 85.1 Å². The molecule has 0 radical (unpaired) electrons. The fourth-order valence-corrected chi connectivity index (χ4v) is 2.16. The van der Waals surface area contributed by atoms with Crippen LogP contribution < -0.4 is 5.32 Å². The van der Waals surface area contributed by atoms with Gasteiger partial charge in [-0.15, -0.1) is 0 Å². The summed E-state index contributed by atoms with van der Waals surface area (Å²) in [6.07, 6.45) is 4.79. The molecule has 3 nitrogen and oxygen atoms in total. The maximum absolute atomic E-state index is 5.15. The summed E-state index contributed by atoms with van der Waals surface area (Å²) in [5, 5.41) is 3.37. The molecule has 1 saturated heterocycles. The van der Waals surface area contributed by atoms with E-state index in [-0.39, 0.29) is 0 Å². The average Bonchev–Trinajstić information content (AvgIpc) is 2.74. The van der Waals surface area contributed by atoms with Gasteiger partial charge in [0.05, 0.1) is 12.5 Å². The molecule has 0 aliphatic carbocycles. The molecular formula is C11H18N2O. The van der Waals surface area contributed by atoms with Gasteiger partial charge in [0, 0.05) is 37.8 Å². The van der Waals surface area contributed by atoms with Crippen molar-refractivity contribution in [2.24, 2.45) is 0 Å². The Morgan fingerprint density at radius 1 is 1.50 bits per heavy atom. The molecule has 3 heteroatoms. The van der Waals surface area contributed by atoms with Crippen molar-refractivity contribution in [3.05, 3.63) is 24.2 Å². The largest absolute Gasteiger partial charge is 0.472 e. The first-order valence-electron chi connectivity index (χ1n) is 5.38. The van der Waals surface area contributed by atoms with Crippen molar-refractivity contribution >= 4 is 0 Å². The van der Waals surface area contributed by atoms with Gasteiger partial charge in [-0.1, -0.05) is 6.92 Å². The third-order valence-corrected chi connectivity index (χ3v) is 2.91. The van der Waals surface area contributed by atoms with Crippen LogP contribution in [-0.4, -0.2) is 31.1 Å². The average molecular weight is 194 g/mol. The summed E-state index contributed by atoms with van der Waals surface area (Å²) in [5.74, 6) is 0. The van der Waals surface area contributed by atoms with Crippen LogP contribution in [0.3, 0.4) is 0 Å². The van der Waals surface area contributed by atoms with Gasteiger partial charge >= 0.3 is 0 Å².